The van der Waals surface area contributed by atoms with Gasteiger partial charge in [-0.2, -0.15) is 0 Å². The highest BCUT2D eigenvalue weighted by Crippen LogP contribution is 2.25. The summed E-state index contributed by atoms with van der Waals surface area (Å²) in [6.45, 7) is 4.69. The maximum Gasteiger partial charge on any atom is 0.226 e. The number of halogens is 2. The average molecular weight is 326 g/mol. The van der Waals surface area contributed by atoms with Crippen LogP contribution in [-0.4, -0.2) is 29.0 Å². The van der Waals surface area contributed by atoms with Crippen LogP contribution in [0.15, 0.2) is 34.9 Å². The second kappa shape index (κ2) is 7.22. The van der Waals surface area contributed by atoms with E-state index in [0.717, 1.165) is 31.7 Å². The molecule has 22 heavy (non-hydrogen) atoms. The number of hydrogen-bond acceptors (Lipinski definition) is 4. The first-order valence-electron chi connectivity index (χ1n) is 7.30. The molecule has 0 amide bonds. The van der Waals surface area contributed by atoms with Gasteiger partial charge in [-0.1, -0.05) is 6.07 Å². The molecule has 1 fully saturated rings. The van der Waals surface area contributed by atoms with Gasteiger partial charge in [0.05, 0.1) is 5.69 Å². The Kier molecular flexibility index (Phi) is 5.56. The topological polar surface area (TPSA) is 55.3 Å². The zero-order valence-electron chi connectivity index (χ0n) is 12.5. The standard InChI is InChI=1S/C16H20FN3O.ClH/c1-11-5-12(7-18)8-20(11)9-15-10-21-16(19-15)13-3-2-4-14(17)6-13;/h2-4,6,10-12H,5,7-9,18H2,1H3;1H. The SMILES string of the molecule is CC1CC(CN)CN1Cc1coc(-c2cccc(F)c2)n1.Cl. The molecule has 0 radical (unpaired) electrons. The molecule has 2 aromatic rings. The number of nitrogens with zero attached hydrogens (tertiary/aromatic N) is 2. The number of benzene rings is 1. The van der Waals surface area contributed by atoms with Crippen LogP contribution in [0.25, 0.3) is 11.5 Å². The summed E-state index contributed by atoms with van der Waals surface area (Å²) < 4.78 is 18.7. The molecular formula is C16H21ClFN3O. The van der Waals surface area contributed by atoms with E-state index in [-0.39, 0.29) is 18.2 Å². The average Bonchev–Trinajstić information content (AvgIpc) is 3.07. The van der Waals surface area contributed by atoms with Crippen molar-refractivity contribution < 1.29 is 8.81 Å². The van der Waals surface area contributed by atoms with Crippen molar-refractivity contribution in [3.05, 3.63) is 42.0 Å². The van der Waals surface area contributed by atoms with Crippen LogP contribution in [0.2, 0.25) is 0 Å². The Labute approximate surface area is 135 Å². The van der Waals surface area contributed by atoms with Crippen LogP contribution in [0, 0.1) is 11.7 Å². The summed E-state index contributed by atoms with van der Waals surface area (Å²) in [4.78, 5) is 6.83. The Morgan fingerprint density at radius 1 is 1.45 bits per heavy atom. The third kappa shape index (κ3) is 3.66. The van der Waals surface area contributed by atoms with Crippen molar-refractivity contribution in [2.45, 2.75) is 25.9 Å². The van der Waals surface area contributed by atoms with Gasteiger partial charge in [0.15, 0.2) is 0 Å². The van der Waals surface area contributed by atoms with Crippen molar-refractivity contribution in [3.8, 4) is 11.5 Å². The molecule has 3 rings (SSSR count). The lowest BCUT2D eigenvalue weighted by molar-refractivity contribution is 0.252. The van der Waals surface area contributed by atoms with Crippen molar-refractivity contribution in [1.29, 1.82) is 0 Å². The highest BCUT2D eigenvalue weighted by Gasteiger charge is 2.28. The number of hydrogen-bond donors (Lipinski definition) is 1. The molecule has 0 spiro atoms. The van der Waals surface area contributed by atoms with Crippen molar-refractivity contribution >= 4 is 12.4 Å². The Bertz CT molecular complexity index is 619. The first-order valence-corrected chi connectivity index (χ1v) is 7.30. The highest BCUT2D eigenvalue weighted by molar-refractivity contribution is 5.85. The van der Waals surface area contributed by atoms with E-state index in [0.29, 0.717) is 23.4 Å². The normalized spacial score (nSPS) is 21.8. The lowest BCUT2D eigenvalue weighted by Crippen LogP contribution is -2.27. The molecule has 4 nitrogen and oxygen atoms in total. The van der Waals surface area contributed by atoms with E-state index >= 15 is 0 Å². The molecule has 1 aromatic carbocycles. The Morgan fingerprint density at radius 3 is 2.95 bits per heavy atom. The maximum atomic E-state index is 13.2. The van der Waals surface area contributed by atoms with Gasteiger partial charge < -0.3 is 10.2 Å². The molecule has 2 N–H and O–H groups in total. The van der Waals surface area contributed by atoms with E-state index in [2.05, 4.69) is 16.8 Å². The van der Waals surface area contributed by atoms with Crippen LogP contribution < -0.4 is 5.73 Å². The molecule has 1 saturated heterocycles. The summed E-state index contributed by atoms with van der Waals surface area (Å²) in [6, 6.07) is 6.79. The molecule has 1 aliphatic heterocycles. The third-order valence-electron chi connectivity index (χ3n) is 4.11. The van der Waals surface area contributed by atoms with Crippen molar-refractivity contribution in [1.82, 2.24) is 9.88 Å². The summed E-state index contributed by atoms with van der Waals surface area (Å²) in [5, 5.41) is 0. The quantitative estimate of drug-likeness (QED) is 0.938. The molecule has 6 heteroatoms. The number of oxazole rings is 1. The number of aromatic nitrogens is 1. The lowest BCUT2D eigenvalue weighted by atomic mass is 10.1. The maximum absolute atomic E-state index is 13.2. The van der Waals surface area contributed by atoms with Crippen molar-refractivity contribution in [3.63, 3.8) is 0 Å². The molecule has 2 atom stereocenters. The fourth-order valence-electron chi connectivity index (χ4n) is 2.95. The molecule has 0 saturated carbocycles. The van der Waals surface area contributed by atoms with Gasteiger partial charge in [-0.25, -0.2) is 9.37 Å². The van der Waals surface area contributed by atoms with Crippen LogP contribution in [-0.2, 0) is 6.54 Å². The zero-order chi connectivity index (χ0) is 14.8. The number of rotatable bonds is 4. The molecular weight excluding hydrogens is 305 g/mol. The monoisotopic (exact) mass is 325 g/mol. The van der Waals surface area contributed by atoms with Crippen LogP contribution in [0.3, 0.4) is 0 Å². The smallest absolute Gasteiger partial charge is 0.226 e. The van der Waals surface area contributed by atoms with Gasteiger partial charge in [-0.05, 0) is 44.0 Å². The van der Waals surface area contributed by atoms with E-state index < -0.39 is 0 Å². The Hall–Kier alpha value is -1.43. The van der Waals surface area contributed by atoms with Crippen molar-refractivity contribution in [2.75, 3.05) is 13.1 Å². The summed E-state index contributed by atoms with van der Waals surface area (Å²) >= 11 is 0. The van der Waals surface area contributed by atoms with Crippen LogP contribution in [0.5, 0.6) is 0 Å². The molecule has 2 heterocycles. The van der Waals surface area contributed by atoms with Gasteiger partial charge in [-0.3, -0.25) is 4.90 Å². The minimum atomic E-state index is -0.286. The molecule has 120 valence electrons. The summed E-state index contributed by atoms with van der Waals surface area (Å²) in [7, 11) is 0. The van der Waals surface area contributed by atoms with Gasteiger partial charge in [0.1, 0.15) is 12.1 Å². The summed E-state index contributed by atoms with van der Waals surface area (Å²) in [5.74, 6) is 0.743. The number of likely N-dealkylation sites (tertiary alicyclic amines) is 1. The molecule has 2 unspecified atom stereocenters. The van der Waals surface area contributed by atoms with Crippen LogP contribution in [0.4, 0.5) is 4.39 Å². The fourth-order valence-corrected chi connectivity index (χ4v) is 2.95. The largest absolute Gasteiger partial charge is 0.444 e. The highest BCUT2D eigenvalue weighted by atomic mass is 35.5. The van der Waals surface area contributed by atoms with Crippen LogP contribution >= 0.6 is 12.4 Å². The van der Waals surface area contributed by atoms with Gasteiger partial charge in [0.2, 0.25) is 5.89 Å². The van der Waals surface area contributed by atoms with Crippen LogP contribution in [0.1, 0.15) is 19.0 Å². The number of nitrogens with two attached hydrogens (primary N) is 1. The first-order chi connectivity index (χ1) is 10.2. The van der Waals surface area contributed by atoms with E-state index in [1.807, 2.05) is 0 Å². The molecule has 0 bridgehead atoms. The molecule has 1 aliphatic rings. The van der Waals surface area contributed by atoms with E-state index in [9.17, 15) is 4.39 Å². The van der Waals surface area contributed by atoms with Gasteiger partial charge >= 0.3 is 0 Å². The third-order valence-corrected chi connectivity index (χ3v) is 4.11. The van der Waals surface area contributed by atoms with E-state index in [1.54, 1.807) is 18.4 Å². The van der Waals surface area contributed by atoms with Gasteiger partial charge in [0.25, 0.3) is 0 Å². The second-order valence-electron chi connectivity index (χ2n) is 5.77. The summed E-state index contributed by atoms with van der Waals surface area (Å²) in [6.07, 6.45) is 2.79. The Balaban J connectivity index is 0.00000176. The fraction of sp³-hybridized carbons (Fsp3) is 0.438. The minimum absolute atomic E-state index is 0. The predicted molar refractivity (Wildman–Crippen MR) is 86.2 cm³/mol. The Morgan fingerprint density at radius 2 is 2.27 bits per heavy atom. The molecule has 0 aliphatic carbocycles. The van der Waals surface area contributed by atoms with Crippen molar-refractivity contribution in [2.24, 2.45) is 11.7 Å². The van der Waals surface area contributed by atoms with E-state index in [4.69, 9.17) is 10.2 Å². The van der Waals surface area contributed by atoms with Gasteiger partial charge in [0, 0.05) is 24.7 Å². The first kappa shape index (κ1) is 16.9. The summed E-state index contributed by atoms with van der Waals surface area (Å²) in [5.41, 5.74) is 7.29. The predicted octanol–water partition coefficient (Wildman–Crippen LogP) is 3.07. The molecule has 1 aromatic heterocycles. The second-order valence-corrected chi connectivity index (χ2v) is 5.77. The van der Waals surface area contributed by atoms with Gasteiger partial charge in [-0.15, -0.1) is 12.4 Å². The minimum Gasteiger partial charge on any atom is -0.444 e. The zero-order valence-corrected chi connectivity index (χ0v) is 13.4. The lowest BCUT2D eigenvalue weighted by Gasteiger charge is -2.19. The van der Waals surface area contributed by atoms with E-state index in [1.165, 1.54) is 12.1 Å².